The second-order valence-corrected chi connectivity index (χ2v) is 7.57. The maximum absolute atomic E-state index is 13.1. The molecule has 2 aliphatic heterocycles. The molecule has 0 N–H and O–H groups in total. The number of aromatic nitrogens is 1. The molecule has 3 fully saturated rings. The van der Waals surface area contributed by atoms with Crippen molar-refractivity contribution in [3.05, 3.63) is 30.1 Å². The van der Waals surface area contributed by atoms with Gasteiger partial charge in [0.15, 0.2) is 0 Å². The van der Waals surface area contributed by atoms with Crippen molar-refractivity contribution in [2.75, 3.05) is 39.4 Å². The van der Waals surface area contributed by atoms with Crippen LogP contribution < -0.4 is 0 Å². The molecule has 1 aromatic heterocycles. The van der Waals surface area contributed by atoms with Gasteiger partial charge in [0.25, 0.3) is 0 Å². The molecule has 5 heteroatoms. The third-order valence-electron chi connectivity index (χ3n) is 6.12. The maximum atomic E-state index is 13.1. The molecule has 1 amide bonds. The summed E-state index contributed by atoms with van der Waals surface area (Å²) in [4.78, 5) is 21.9. The van der Waals surface area contributed by atoms with Crippen LogP contribution in [0.15, 0.2) is 24.5 Å². The zero-order chi connectivity index (χ0) is 16.4. The lowest BCUT2D eigenvalue weighted by atomic mass is 9.76. The normalized spacial score (nSPS) is 31.0. The van der Waals surface area contributed by atoms with Crippen LogP contribution in [0.4, 0.5) is 0 Å². The fourth-order valence-electron chi connectivity index (χ4n) is 4.89. The first-order valence-corrected chi connectivity index (χ1v) is 9.25. The van der Waals surface area contributed by atoms with Gasteiger partial charge in [0.05, 0.1) is 13.2 Å². The molecule has 1 aliphatic carbocycles. The Bertz CT molecular complexity index is 573. The molecule has 24 heavy (non-hydrogen) atoms. The molecule has 0 bridgehead atoms. The van der Waals surface area contributed by atoms with Gasteiger partial charge < -0.3 is 9.64 Å². The van der Waals surface area contributed by atoms with E-state index in [0.29, 0.717) is 19.1 Å². The van der Waals surface area contributed by atoms with Crippen LogP contribution in [0, 0.1) is 11.3 Å². The molecule has 1 saturated carbocycles. The van der Waals surface area contributed by atoms with Gasteiger partial charge in [0.2, 0.25) is 5.91 Å². The number of amides is 1. The topological polar surface area (TPSA) is 45.7 Å². The second-order valence-electron chi connectivity index (χ2n) is 7.57. The van der Waals surface area contributed by atoms with Gasteiger partial charge in [0.1, 0.15) is 0 Å². The number of ether oxygens (including phenoxy) is 1. The van der Waals surface area contributed by atoms with E-state index in [4.69, 9.17) is 4.74 Å². The van der Waals surface area contributed by atoms with Crippen LogP contribution in [0.1, 0.15) is 31.2 Å². The highest BCUT2D eigenvalue weighted by atomic mass is 16.5. The van der Waals surface area contributed by atoms with E-state index in [1.165, 1.54) is 18.4 Å². The summed E-state index contributed by atoms with van der Waals surface area (Å²) in [5, 5.41) is 0. The van der Waals surface area contributed by atoms with Crippen LogP contribution in [0.3, 0.4) is 0 Å². The summed E-state index contributed by atoms with van der Waals surface area (Å²) in [6.45, 7) is 6.03. The molecule has 2 unspecified atom stereocenters. The van der Waals surface area contributed by atoms with Crippen molar-refractivity contribution in [2.45, 2.75) is 32.2 Å². The Labute approximate surface area is 144 Å². The van der Waals surface area contributed by atoms with E-state index >= 15 is 0 Å². The Morgan fingerprint density at radius 2 is 2.17 bits per heavy atom. The van der Waals surface area contributed by atoms with E-state index in [-0.39, 0.29) is 11.3 Å². The van der Waals surface area contributed by atoms with Gasteiger partial charge in [-0.25, -0.2) is 0 Å². The first kappa shape index (κ1) is 16.0. The number of rotatable bonds is 3. The third-order valence-corrected chi connectivity index (χ3v) is 6.12. The number of morpholine rings is 1. The first-order valence-electron chi connectivity index (χ1n) is 9.25. The minimum atomic E-state index is 0.206. The summed E-state index contributed by atoms with van der Waals surface area (Å²) < 4.78 is 5.40. The molecule has 3 heterocycles. The van der Waals surface area contributed by atoms with E-state index in [0.717, 1.165) is 45.6 Å². The van der Waals surface area contributed by atoms with Crippen LogP contribution in [0.2, 0.25) is 0 Å². The van der Waals surface area contributed by atoms with Gasteiger partial charge in [-0.1, -0.05) is 12.5 Å². The molecule has 2 saturated heterocycles. The lowest BCUT2D eigenvalue weighted by molar-refractivity contribution is -0.143. The van der Waals surface area contributed by atoms with Crippen LogP contribution >= 0.6 is 0 Å². The Morgan fingerprint density at radius 3 is 2.96 bits per heavy atom. The lowest BCUT2D eigenvalue weighted by Gasteiger charge is -2.36. The molecule has 0 radical (unpaired) electrons. The number of hydrogen-bond donors (Lipinski definition) is 0. The second kappa shape index (κ2) is 6.81. The van der Waals surface area contributed by atoms with Crippen molar-refractivity contribution in [1.82, 2.24) is 14.8 Å². The molecule has 2 atom stereocenters. The molecule has 3 aliphatic rings. The number of likely N-dealkylation sites (tertiary alicyclic amines) is 1. The quantitative estimate of drug-likeness (QED) is 0.850. The van der Waals surface area contributed by atoms with Crippen LogP contribution in [-0.2, 0) is 16.1 Å². The van der Waals surface area contributed by atoms with Crippen molar-refractivity contribution in [3.63, 3.8) is 0 Å². The summed E-state index contributed by atoms with van der Waals surface area (Å²) >= 11 is 0. The standard InChI is InChI=1S/C19H27N3O2/c23-18(22-9-11-24-12-10-22)17-4-1-5-19(17)6-8-21(15-19)14-16-3-2-7-20-13-16/h2-3,7,13,17H,1,4-6,8-12,14-15H2. The van der Waals surface area contributed by atoms with Crippen molar-refractivity contribution < 1.29 is 9.53 Å². The summed E-state index contributed by atoms with van der Waals surface area (Å²) in [7, 11) is 0. The Morgan fingerprint density at radius 1 is 1.29 bits per heavy atom. The average molecular weight is 329 g/mol. The number of nitrogens with zero attached hydrogens (tertiary/aromatic N) is 3. The molecule has 5 nitrogen and oxygen atoms in total. The summed E-state index contributed by atoms with van der Waals surface area (Å²) in [6, 6.07) is 4.14. The Hall–Kier alpha value is -1.46. The Balaban J connectivity index is 1.43. The zero-order valence-corrected chi connectivity index (χ0v) is 14.3. The largest absolute Gasteiger partial charge is 0.378 e. The third kappa shape index (κ3) is 3.07. The number of hydrogen-bond acceptors (Lipinski definition) is 4. The summed E-state index contributed by atoms with van der Waals surface area (Å²) in [6.07, 6.45) is 8.41. The highest BCUT2D eigenvalue weighted by Gasteiger charge is 2.51. The van der Waals surface area contributed by atoms with Crippen LogP contribution in [0.5, 0.6) is 0 Å². The van der Waals surface area contributed by atoms with Crippen molar-refractivity contribution >= 4 is 5.91 Å². The monoisotopic (exact) mass is 329 g/mol. The van der Waals surface area contributed by atoms with Gasteiger partial charge in [-0.3, -0.25) is 14.7 Å². The first-order chi connectivity index (χ1) is 11.8. The van der Waals surface area contributed by atoms with Gasteiger partial charge >= 0.3 is 0 Å². The minimum Gasteiger partial charge on any atom is -0.378 e. The average Bonchev–Trinajstić information content (AvgIpc) is 3.23. The number of pyridine rings is 1. The molecule has 1 aromatic rings. The SMILES string of the molecule is O=C(C1CCCC12CCN(Cc1cccnc1)C2)N1CCOCC1. The van der Waals surface area contributed by atoms with Crippen molar-refractivity contribution in [1.29, 1.82) is 0 Å². The molecule has 4 rings (SSSR count). The highest BCUT2D eigenvalue weighted by Crippen LogP contribution is 2.50. The van der Waals surface area contributed by atoms with E-state index < -0.39 is 0 Å². The van der Waals surface area contributed by atoms with Gasteiger partial charge in [0, 0.05) is 44.5 Å². The van der Waals surface area contributed by atoms with Crippen molar-refractivity contribution in [3.8, 4) is 0 Å². The predicted octanol–water partition coefficient (Wildman–Crippen LogP) is 1.93. The Kier molecular flexibility index (Phi) is 4.55. The number of carbonyl (C=O) groups excluding carboxylic acids is 1. The zero-order valence-electron chi connectivity index (χ0n) is 14.3. The molecule has 130 valence electrons. The summed E-state index contributed by atoms with van der Waals surface area (Å²) in [5.74, 6) is 0.605. The summed E-state index contributed by atoms with van der Waals surface area (Å²) in [5.41, 5.74) is 1.47. The van der Waals surface area contributed by atoms with Crippen LogP contribution in [-0.4, -0.2) is 60.1 Å². The highest BCUT2D eigenvalue weighted by molar-refractivity contribution is 5.80. The predicted molar refractivity (Wildman–Crippen MR) is 91.3 cm³/mol. The van der Waals surface area contributed by atoms with E-state index in [2.05, 4.69) is 16.0 Å². The fourth-order valence-corrected chi connectivity index (χ4v) is 4.89. The van der Waals surface area contributed by atoms with Gasteiger partial charge in [-0.05, 0) is 42.9 Å². The molecular formula is C19H27N3O2. The minimum absolute atomic E-state index is 0.206. The van der Waals surface area contributed by atoms with Crippen LogP contribution in [0.25, 0.3) is 0 Å². The smallest absolute Gasteiger partial charge is 0.226 e. The fraction of sp³-hybridized carbons (Fsp3) is 0.684. The molecule has 0 aromatic carbocycles. The van der Waals surface area contributed by atoms with Gasteiger partial charge in [-0.15, -0.1) is 0 Å². The van der Waals surface area contributed by atoms with Crippen molar-refractivity contribution in [2.24, 2.45) is 11.3 Å². The van der Waals surface area contributed by atoms with E-state index in [1.54, 1.807) is 0 Å². The molecule has 1 spiro atoms. The number of carbonyl (C=O) groups is 1. The van der Waals surface area contributed by atoms with E-state index in [9.17, 15) is 4.79 Å². The van der Waals surface area contributed by atoms with Gasteiger partial charge in [-0.2, -0.15) is 0 Å². The van der Waals surface area contributed by atoms with E-state index in [1.807, 2.05) is 23.4 Å². The lowest BCUT2D eigenvalue weighted by Crippen LogP contribution is -2.47. The maximum Gasteiger partial charge on any atom is 0.226 e. The molecular weight excluding hydrogens is 302 g/mol.